The minimum atomic E-state index is -0.580. The molecule has 6 nitrogen and oxygen atoms in total. The zero-order valence-corrected chi connectivity index (χ0v) is 13.3. The molecule has 3 N–H and O–H groups in total. The van der Waals surface area contributed by atoms with Crippen LogP contribution >= 0.6 is 0 Å². The molecule has 4 rings (SSSR count). The zero-order chi connectivity index (χ0) is 16.9. The van der Waals surface area contributed by atoms with Gasteiger partial charge in [0, 0.05) is 11.3 Å². The number of imidazole rings is 1. The number of nitrogens with one attached hydrogen (secondary N) is 3. The number of rotatable bonds is 2. The van der Waals surface area contributed by atoms with Crippen molar-refractivity contribution in [3.05, 3.63) is 53.6 Å². The Hall–Kier alpha value is -3.15. The van der Waals surface area contributed by atoms with E-state index in [1.54, 1.807) is 12.1 Å². The molecule has 120 valence electrons. The van der Waals surface area contributed by atoms with E-state index < -0.39 is 5.41 Å². The lowest BCUT2D eigenvalue weighted by molar-refractivity contribution is -0.119. The Kier molecular flexibility index (Phi) is 2.96. The van der Waals surface area contributed by atoms with Gasteiger partial charge in [-0.15, -0.1) is 0 Å². The first-order valence-corrected chi connectivity index (χ1v) is 7.67. The van der Waals surface area contributed by atoms with Crippen molar-refractivity contribution in [2.24, 2.45) is 0 Å². The molecule has 3 aromatic rings. The summed E-state index contributed by atoms with van der Waals surface area (Å²) in [5.41, 5.74) is 3.11. The zero-order valence-electron chi connectivity index (χ0n) is 13.3. The number of benzene rings is 2. The van der Waals surface area contributed by atoms with Crippen LogP contribution in [0.1, 0.15) is 29.8 Å². The normalized spacial score (nSPS) is 15.2. The maximum atomic E-state index is 12.4. The van der Waals surface area contributed by atoms with Crippen molar-refractivity contribution in [3.63, 3.8) is 0 Å². The van der Waals surface area contributed by atoms with Crippen LogP contribution in [-0.4, -0.2) is 21.8 Å². The van der Waals surface area contributed by atoms with Crippen LogP contribution in [0.2, 0.25) is 0 Å². The van der Waals surface area contributed by atoms with Crippen molar-refractivity contribution in [2.45, 2.75) is 19.3 Å². The molecule has 6 heteroatoms. The molecule has 0 aliphatic carbocycles. The fraction of sp³-hybridized carbons (Fsp3) is 0.167. The standard InChI is InChI=1S/C18H16N4O2/c1-18(2)11-8-7-10(9-14(11)19-16(18)24)15(23)22-17-20-12-5-3-4-6-13(12)21-17/h3-9H,1-2H3,(H,19,24)(H2,20,21,22,23). The monoisotopic (exact) mass is 320 g/mol. The number of hydrogen-bond donors (Lipinski definition) is 3. The third-order valence-electron chi connectivity index (χ3n) is 4.39. The van der Waals surface area contributed by atoms with Crippen LogP contribution in [0.4, 0.5) is 11.6 Å². The second-order valence-corrected chi connectivity index (χ2v) is 6.40. The highest BCUT2D eigenvalue weighted by Gasteiger charge is 2.38. The van der Waals surface area contributed by atoms with Crippen LogP contribution in [0.3, 0.4) is 0 Å². The lowest BCUT2D eigenvalue weighted by Gasteiger charge is -2.14. The van der Waals surface area contributed by atoms with E-state index in [2.05, 4.69) is 20.6 Å². The molecule has 0 spiro atoms. The van der Waals surface area contributed by atoms with Gasteiger partial charge >= 0.3 is 0 Å². The van der Waals surface area contributed by atoms with Gasteiger partial charge in [-0.25, -0.2) is 4.98 Å². The van der Waals surface area contributed by atoms with Gasteiger partial charge in [-0.1, -0.05) is 18.2 Å². The SMILES string of the molecule is CC1(C)C(=O)Nc2cc(C(=O)Nc3nc4ccccc4[nH]3)ccc21. The highest BCUT2D eigenvalue weighted by atomic mass is 16.2. The smallest absolute Gasteiger partial charge is 0.258 e. The molecular weight excluding hydrogens is 304 g/mol. The minimum Gasteiger partial charge on any atom is -0.325 e. The van der Waals surface area contributed by atoms with E-state index in [0.717, 1.165) is 16.6 Å². The summed E-state index contributed by atoms with van der Waals surface area (Å²) in [5.74, 6) is 0.0502. The van der Waals surface area contributed by atoms with Gasteiger partial charge in [0.1, 0.15) is 0 Å². The highest BCUT2D eigenvalue weighted by Crippen LogP contribution is 2.37. The van der Waals surface area contributed by atoms with Gasteiger partial charge in [-0.05, 0) is 43.7 Å². The molecule has 0 bridgehead atoms. The molecule has 1 aliphatic rings. The van der Waals surface area contributed by atoms with E-state index in [-0.39, 0.29) is 11.8 Å². The number of aromatic nitrogens is 2. The number of hydrogen-bond acceptors (Lipinski definition) is 3. The largest absolute Gasteiger partial charge is 0.325 e. The van der Waals surface area contributed by atoms with Crippen molar-refractivity contribution in [2.75, 3.05) is 10.6 Å². The molecule has 0 radical (unpaired) electrons. The minimum absolute atomic E-state index is 0.0626. The molecule has 0 unspecified atom stereocenters. The number of fused-ring (bicyclic) bond motifs is 2. The molecule has 0 atom stereocenters. The van der Waals surface area contributed by atoms with Crippen molar-refractivity contribution >= 4 is 34.5 Å². The number of para-hydroxylation sites is 2. The fourth-order valence-electron chi connectivity index (χ4n) is 2.93. The molecular formula is C18H16N4O2. The van der Waals surface area contributed by atoms with E-state index >= 15 is 0 Å². The van der Waals surface area contributed by atoms with E-state index in [0.29, 0.717) is 17.2 Å². The van der Waals surface area contributed by atoms with Crippen molar-refractivity contribution in [1.29, 1.82) is 0 Å². The predicted octanol–water partition coefficient (Wildman–Crippen LogP) is 3.04. The first-order chi connectivity index (χ1) is 11.4. The maximum Gasteiger partial charge on any atom is 0.258 e. The van der Waals surface area contributed by atoms with Gasteiger partial charge in [0.25, 0.3) is 5.91 Å². The molecule has 2 amide bonds. The number of anilines is 2. The summed E-state index contributed by atoms with van der Waals surface area (Å²) in [6, 6.07) is 12.8. The van der Waals surface area contributed by atoms with E-state index in [4.69, 9.17) is 0 Å². The van der Waals surface area contributed by atoms with Gasteiger partial charge in [0.15, 0.2) is 0 Å². The van der Waals surface area contributed by atoms with E-state index in [9.17, 15) is 9.59 Å². The number of carbonyl (C=O) groups excluding carboxylic acids is 2. The van der Waals surface area contributed by atoms with Gasteiger partial charge in [-0.2, -0.15) is 0 Å². The van der Waals surface area contributed by atoms with Crippen LogP contribution in [0, 0.1) is 0 Å². The summed E-state index contributed by atoms with van der Waals surface area (Å²) >= 11 is 0. The molecule has 1 aromatic heterocycles. The van der Waals surface area contributed by atoms with E-state index in [1.807, 2.05) is 44.2 Å². The van der Waals surface area contributed by atoms with Crippen molar-refractivity contribution in [3.8, 4) is 0 Å². The Labute approximate surface area is 138 Å². The summed E-state index contributed by atoms with van der Waals surface area (Å²) in [7, 11) is 0. The number of carbonyl (C=O) groups is 2. The maximum absolute atomic E-state index is 12.4. The lowest BCUT2D eigenvalue weighted by Crippen LogP contribution is -2.26. The average Bonchev–Trinajstić information content (AvgIpc) is 3.05. The quantitative estimate of drug-likeness (QED) is 0.678. The topological polar surface area (TPSA) is 86.9 Å². The van der Waals surface area contributed by atoms with E-state index in [1.165, 1.54) is 0 Å². The van der Waals surface area contributed by atoms with Crippen molar-refractivity contribution in [1.82, 2.24) is 9.97 Å². The van der Waals surface area contributed by atoms with Gasteiger partial charge in [0.2, 0.25) is 11.9 Å². The number of nitrogens with zero attached hydrogens (tertiary/aromatic N) is 1. The van der Waals surface area contributed by atoms with Crippen molar-refractivity contribution < 1.29 is 9.59 Å². The Balaban J connectivity index is 1.61. The Morgan fingerprint density at radius 1 is 1.17 bits per heavy atom. The summed E-state index contributed by atoms with van der Waals surface area (Å²) in [6.07, 6.45) is 0. The third kappa shape index (κ3) is 2.15. The predicted molar refractivity (Wildman–Crippen MR) is 92.1 cm³/mol. The molecule has 2 heterocycles. The summed E-state index contributed by atoms with van der Waals surface area (Å²) < 4.78 is 0. The van der Waals surface area contributed by atoms with Crippen LogP contribution in [0.25, 0.3) is 11.0 Å². The third-order valence-corrected chi connectivity index (χ3v) is 4.39. The van der Waals surface area contributed by atoms with Crippen LogP contribution in [-0.2, 0) is 10.2 Å². The number of aromatic amines is 1. The van der Waals surface area contributed by atoms with Crippen LogP contribution in [0.5, 0.6) is 0 Å². The highest BCUT2D eigenvalue weighted by molar-refractivity contribution is 6.09. The fourth-order valence-corrected chi connectivity index (χ4v) is 2.93. The summed E-state index contributed by atoms with van der Waals surface area (Å²) in [5, 5.41) is 5.58. The Morgan fingerprint density at radius 3 is 2.75 bits per heavy atom. The second kappa shape index (κ2) is 4.92. The number of amides is 2. The van der Waals surface area contributed by atoms with Gasteiger partial charge in [0.05, 0.1) is 16.4 Å². The van der Waals surface area contributed by atoms with Gasteiger partial charge < -0.3 is 10.3 Å². The Morgan fingerprint density at radius 2 is 1.96 bits per heavy atom. The second-order valence-electron chi connectivity index (χ2n) is 6.40. The molecule has 0 saturated carbocycles. The Bertz CT molecular complexity index is 955. The molecule has 0 saturated heterocycles. The lowest BCUT2D eigenvalue weighted by atomic mass is 9.86. The first kappa shape index (κ1) is 14.4. The summed E-state index contributed by atoms with van der Waals surface area (Å²) in [4.78, 5) is 31.8. The summed E-state index contributed by atoms with van der Waals surface area (Å²) in [6.45, 7) is 3.73. The molecule has 24 heavy (non-hydrogen) atoms. The number of H-pyrrole nitrogens is 1. The first-order valence-electron chi connectivity index (χ1n) is 7.67. The van der Waals surface area contributed by atoms with Gasteiger partial charge in [-0.3, -0.25) is 14.9 Å². The van der Waals surface area contributed by atoms with Crippen LogP contribution < -0.4 is 10.6 Å². The average molecular weight is 320 g/mol. The molecule has 2 aromatic carbocycles. The van der Waals surface area contributed by atoms with Crippen LogP contribution in [0.15, 0.2) is 42.5 Å². The molecule has 1 aliphatic heterocycles. The molecule has 0 fully saturated rings.